The Labute approximate surface area is 75.5 Å². The smallest absolute Gasteiger partial charge is 0.0897 e. The molecule has 62 valence electrons. The lowest BCUT2D eigenvalue weighted by molar-refractivity contribution is 0.817. The Morgan fingerprint density at radius 1 is 1.42 bits per heavy atom. The van der Waals surface area contributed by atoms with Crippen LogP contribution in [-0.4, -0.2) is 9.55 Å². The van der Waals surface area contributed by atoms with Crippen LogP contribution >= 0.6 is 11.3 Å². The fourth-order valence-corrected chi connectivity index (χ4v) is 1.94. The van der Waals surface area contributed by atoms with Crippen molar-refractivity contribution in [2.45, 2.75) is 13.5 Å². The van der Waals surface area contributed by atoms with Gasteiger partial charge in [0, 0.05) is 23.5 Å². The zero-order chi connectivity index (χ0) is 8.39. The average molecular weight is 178 g/mol. The Hall–Kier alpha value is -1.09. The molecule has 12 heavy (non-hydrogen) atoms. The van der Waals surface area contributed by atoms with E-state index in [2.05, 4.69) is 21.9 Å². The van der Waals surface area contributed by atoms with Crippen LogP contribution < -0.4 is 0 Å². The molecule has 0 spiro atoms. The zero-order valence-corrected chi connectivity index (χ0v) is 7.71. The molecule has 0 bridgehead atoms. The van der Waals surface area contributed by atoms with Gasteiger partial charge in [0.15, 0.2) is 0 Å². The van der Waals surface area contributed by atoms with Crippen LogP contribution in [0.1, 0.15) is 9.88 Å². The van der Waals surface area contributed by atoms with Gasteiger partial charge in [-0.3, -0.25) is 0 Å². The molecule has 0 unspecified atom stereocenters. The summed E-state index contributed by atoms with van der Waals surface area (Å²) in [5, 5.41) is 1.14. The van der Waals surface area contributed by atoms with Gasteiger partial charge in [-0.25, -0.2) is 4.98 Å². The molecular weight excluding hydrogens is 168 g/mol. The Morgan fingerprint density at radius 2 is 2.17 bits per heavy atom. The van der Waals surface area contributed by atoms with Gasteiger partial charge < -0.3 is 4.57 Å². The summed E-state index contributed by atoms with van der Waals surface area (Å²) in [6, 6.07) is 4.07. The highest BCUT2D eigenvalue weighted by Gasteiger charge is 1.97. The van der Waals surface area contributed by atoms with Crippen LogP contribution in [0.25, 0.3) is 0 Å². The van der Waals surface area contributed by atoms with Gasteiger partial charge in [-0.2, -0.15) is 0 Å². The molecule has 0 saturated heterocycles. The molecule has 0 aliphatic heterocycles. The summed E-state index contributed by atoms with van der Waals surface area (Å²) >= 11 is 1.75. The fourth-order valence-electron chi connectivity index (χ4n) is 1.13. The summed E-state index contributed by atoms with van der Waals surface area (Å²) < 4.78 is 2.15. The predicted octanol–water partition coefficient (Wildman–Crippen LogP) is 2.30. The number of nitrogens with zero attached hydrogens (tertiary/aromatic N) is 2. The molecule has 2 heterocycles. The molecule has 2 nitrogen and oxygen atoms in total. The number of rotatable bonds is 2. The minimum atomic E-state index is 0.943. The largest absolute Gasteiger partial charge is 0.349 e. The first-order valence-electron chi connectivity index (χ1n) is 3.86. The minimum absolute atomic E-state index is 0.943. The van der Waals surface area contributed by atoms with E-state index < -0.39 is 0 Å². The molecule has 0 aromatic carbocycles. The Kier molecular flexibility index (Phi) is 1.96. The highest BCUT2D eigenvalue weighted by molar-refractivity contribution is 7.11. The van der Waals surface area contributed by atoms with Gasteiger partial charge >= 0.3 is 0 Å². The summed E-state index contributed by atoms with van der Waals surface area (Å²) in [5.74, 6) is 0. The lowest BCUT2D eigenvalue weighted by atomic mass is 10.5. The van der Waals surface area contributed by atoms with E-state index in [1.54, 1.807) is 11.3 Å². The number of aryl methyl sites for hydroxylation is 1. The third-order valence-electron chi connectivity index (χ3n) is 1.67. The average Bonchev–Trinajstić information content (AvgIpc) is 2.63. The van der Waals surface area contributed by atoms with Crippen LogP contribution in [0.2, 0.25) is 0 Å². The van der Waals surface area contributed by atoms with Gasteiger partial charge in [-0.05, 0) is 19.1 Å². The zero-order valence-electron chi connectivity index (χ0n) is 6.90. The third kappa shape index (κ3) is 1.56. The van der Waals surface area contributed by atoms with Crippen molar-refractivity contribution in [1.29, 1.82) is 0 Å². The highest BCUT2D eigenvalue weighted by atomic mass is 32.1. The third-order valence-corrected chi connectivity index (χ3v) is 2.57. The lowest BCUT2D eigenvalue weighted by Crippen LogP contribution is -1.92. The maximum atomic E-state index is 4.20. The van der Waals surface area contributed by atoms with Crippen LogP contribution in [-0.2, 0) is 6.54 Å². The molecule has 0 radical (unpaired) electrons. The second kappa shape index (κ2) is 3.11. The van der Waals surface area contributed by atoms with Crippen molar-refractivity contribution < 1.29 is 0 Å². The minimum Gasteiger partial charge on any atom is -0.349 e. The van der Waals surface area contributed by atoms with E-state index in [4.69, 9.17) is 0 Å². The lowest BCUT2D eigenvalue weighted by Gasteiger charge is -1.96. The maximum Gasteiger partial charge on any atom is 0.0897 e. The molecule has 0 fully saturated rings. The van der Waals surface area contributed by atoms with Gasteiger partial charge in [-0.1, -0.05) is 0 Å². The van der Waals surface area contributed by atoms with E-state index in [0.29, 0.717) is 0 Å². The van der Waals surface area contributed by atoms with Gasteiger partial charge in [0.1, 0.15) is 0 Å². The standard InChI is InChI=1S/C9H10N2S/c1-8-10-6-9(12-8)7-11-4-2-3-5-11/h2-6H,7H2,1H3. The monoisotopic (exact) mass is 178 g/mol. The highest BCUT2D eigenvalue weighted by Crippen LogP contribution is 2.12. The van der Waals surface area contributed by atoms with Gasteiger partial charge in [0.25, 0.3) is 0 Å². The number of aromatic nitrogens is 2. The Bertz CT molecular complexity index is 348. The molecule has 0 atom stereocenters. The molecule has 2 rings (SSSR count). The normalized spacial score (nSPS) is 10.4. The van der Waals surface area contributed by atoms with Crippen LogP contribution in [0.5, 0.6) is 0 Å². The summed E-state index contributed by atoms with van der Waals surface area (Å²) in [7, 11) is 0. The number of thiazole rings is 1. The molecular formula is C9H10N2S. The Morgan fingerprint density at radius 3 is 2.75 bits per heavy atom. The van der Waals surface area contributed by atoms with Crippen LogP contribution in [0, 0.1) is 6.92 Å². The van der Waals surface area contributed by atoms with Crippen LogP contribution in [0.4, 0.5) is 0 Å². The summed E-state index contributed by atoms with van der Waals surface area (Å²) in [6.07, 6.45) is 6.07. The van der Waals surface area contributed by atoms with Crippen molar-refractivity contribution in [3.63, 3.8) is 0 Å². The topological polar surface area (TPSA) is 17.8 Å². The molecule has 0 amide bonds. The van der Waals surface area contributed by atoms with Gasteiger partial charge in [0.05, 0.1) is 11.6 Å². The van der Waals surface area contributed by atoms with Crippen LogP contribution in [0.15, 0.2) is 30.7 Å². The van der Waals surface area contributed by atoms with Crippen LogP contribution in [0.3, 0.4) is 0 Å². The molecule has 2 aromatic heterocycles. The quantitative estimate of drug-likeness (QED) is 0.690. The Balaban J connectivity index is 2.14. The molecule has 2 aromatic rings. The molecule has 3 heteroatoms. The summed E-state index contributed by atoms with van der Waals surface area (Å²) in [4.78, 5) is 5.51. The maximum absolute atomic E-state index is 4.20. The van der Waals surface area contributed by atoms with E-state index in [-0.39, 0.29) is 0 Å². The molecule has 0 aliphatic carbocycles. The summed E-state index contributed by atoms with van der Waals surface area (Å²) in [5.41, 5.74) is 0. The summed E-state index contributed by atoms with van der Waals surface area (Å²) in [6.45, 7) is 2.97. The molecule has 0 saturated carbocycles. The fraction of sp³-hybridized carbons (Fsp3) is 0.222. The molecule has 0 N–H and O–H groups in total. The number of hydrogen-bond acceptors (Lipinski definition) is 2. The van der Waals surface area contributed by atoms with E-state index in [1.165, 1.54) is 4.88 Å². The first kappa shape index (κ1) is 7.55. The van der Waals surface area contributed by atoms with Crippen molar-refractivity contribution in [3.8, 4) is 0 Å². The molecule has 0 aliphatic rings. The second-order valence-electron chi connectivity index (χ2n) is 2.70. The van der Waals surface area contributed by atoms with Gasteiger partial charge in [-0.15, -0.1) is 11.3 Å². The van der Waals surface area contributed by atoms with Crippen molar-refractivity contribution in [3.05, 3.63) is 40.6 Å². The SMILES string of the molecule is Cc1ncc(Cn2cccc2)s1. The van der Waals surface area contributed by atoms with E-state index in [9.17, 15) is 0 Å². The van der Waals surface area contributed by atoms with E-state index >= 15 is 0 Å². The van der Waals surface area contributed by atoms with Crippen molar-refractivity contribution >= 4 is 11.3 Å². The first-order chi connectivity index (χ1) is 5.84. The second-order valence-corrected chi connectivity index (χ2v) is 4.02. The van der Waals surface area contributed by atoms with Gasteiger partial charge in [0.2, 0.25) is 0 Å². The first-order valence-corrected chi connectivity index (χ1v) is 4.68. The van der Waals surface area contributed by atoms with E-state index in [0.717, 1.165) is 11.6 Å². The number of hydrogen-bond donors (Lipinski definition) is 0. The van der Waals surface area contributed by atoms with Crippen molar-refractivity contribution in [2.75, 3.05) is 0 Å². The van der Waals surface area contributed by atoms with Crippen molar-refractivity contribution in [2.24, 2.45) is 0 Å². The van der Waals surface area contributed by atoms with E-state index in [1.807, 2.05) is 25.3 Å². The predicted molar refractivity (Wildman–Crippen MR) is 50.4 cm³/mol. The van der Waals surface area contributed by atoms with Crippen molar-refractivity contribution in [1.82, 2.24) is 9.55 Å².